The van der Waals surface area contributed by atoms with Crippen molar-refractivity contribution in [3.05, 3.63) is 41.7 Å². The maximum atomic E-state index is 13.3. The lowest BCUT2D eigenvalue weighted by Gasteiger charge is -2.08. The number of ether oxygens (including phenoxy) is 1. The summed E-state index contributed by atoms with van der Waals surface area (Å²) >= 11 is 0. The van der Waals surface area contributed by atoms with Crippen molar-refractivity contribution in [3.8, 4) is 0 Å². The van der Waals surface area contributed by atoms with E-state index >= 15 is 0 Å². The second kappa shape index (κ2) is 4.77. The molecule has 0 heterocycles. The smallest absolute Gasteiger partial charge is 0.128 e. The van der Waals surface area contributed by atoms with Gasteiger partial charge < -0.3 is 10.5 Å². The summed E-state index contributed by atoms with van der Waals surface area (Å²) < 4.78 is 18.4. The van der Waals surface area contributed by atoms with Crippen LogP contribution in [0.4, 0.5) is 4.39 Å². The van der Waals surface area contributed by atoms with Gasteiger partial charge in [0.05, 0.1) is 6.61 Å². The zero-order valence-corrected chi connectivity index (χ0v) is 8.22. The molecular formula is C11H14FNO. The van der Waals surface area contributed by atoms with Crippen LogP contribution in [0, 0.1) is 5.82 Å². The molecule has 2 nitrogen and oxygen atoms in total. The predicted molar refractivity (Wildman–Crippen MR) is 55.0 cm³/mol. The summed E-state index contributed by atoms with van der Waals surface area (Å²) in [7, 11) is 0. The summed E-state index contributed by atoms with van der Waals surface area (Å²) in [6, 6.07) is 4.79. The number of hydrogen-bond acceptors (Lipinski definition) is 2. The van der Waals surface area contributed by atoms with Crippen molar-refractivity contribution in [1.82, 2.24) is 0 Å². The highest BCUT2D eigenvalue weighted by Gasteiger charge is 2.04. The molecule has 0 radical (unpaired) electrons. The molecule has 2 N–H and O–H groups in total. The van der Waals surface area contributed by atoms with Crippen LogP contribution in [0.3, 0.4) is 0 Å². The quantitative estimate of drug-likeness (QED) is 0.748. The van der Waals surface area contributed by atoms with Crippen molar-refractivity contribution in [1.29, 1.82) is 0 Å². The summed E-state index contributed by atoms with van der Waals surface area (Å²) in [4.78, 5) is 0. The lowest BCUT2D eigenvalue weighted by atomic mass is 10.1. The first-order chi connectivity index (χ1) is 6.69. The molecule has 0 amide bonds. The number of hydrogen-bond donors (Lipinski definition) is 1. The van der Waals surface area contributed by atoms with Crippen LogP contribution in [0.25, 0.3) is 5.76 Å². The van der Waals surface area contributed by atoms with Crippen LogP contribution in [-0.4, -0.2) is 6.61 Å². The topological polar surface area (TPSA) is 35.2 Å². The van der Waals surface area contributed by atoms with E-state index in [0.717, 1.165) is 0 Å². The first kappa shape index (κ1) is 10.7. The standard InChI is InChI=1S/C11H14FNO/c1-3-14-8(2)9-4-5-10(7-13)11(12)6-9/h4-6H,2-3,7,13H2,1H3. The van der Waals surface area contributed by atoms with E-state index in [1.165, 1.54) is 6.07 Å². The van der Waals surface area contributed by atoms with E-state index in [2.05, 4.69) is 6.58 Å². The molecule has 0 atom stereocenters. The maximum absolute atomic E-state index is 13.3. The Labute approximate surface area is 83.2 Å². The molecule has 0 spiro atoms. The van der Waals surface area contributed by atoms with Crippen LogP contribution >= 0.6 is 0 Å². The molecule has 0 aliphatic heterocycles. The van der Waals surface area contributed by atoms with Gasteiger partial charge in [0, 0.05) is 17.7 Å². The van der Waals surface area contributed by atoms with Crippen LogP contribution in [0.5, 0.6) is 0 Å². The van der Waals surface area contributed by atoms with E-state index in [-0.39, 0.29) is 12.4 Å². The summed E-state index contributed by atoms with van der Waals surface area (Å²) in [5.41, 5.74) is 6.49. The predicted octanol–water partition coefficient (Wildman–Crippen LogP) is 2.29. The van der Waals surface area contributed by atoms with Crippen molar-refractivity contribution >= 4 is 5.76 Å². The van der Waals surface area contributed by atoms with E-state index in [1.807, 2.05) is 6.92 Å². The fourth-order valence-corrected chi connectivity index (χ4v) is 1.14. The molecule has 0 saturated heterocycles. The number of nitrogens with two attached hydrogens (primary N) is 1. The third kappa shape index (κ3) is 2.33. The van der Waals surface area contributed by atoms with E-state index in [4.69, 9.17) is 10.5 Å². The first-order valence-corrected chi connectivity index (χ1v) is 4.49. The highest BCUT2D eigenvalue weighted by molar-refractivity contribution is 5.57. The molecule has 14 heavy (non-hydrogen) atoms. The Morgan fingerprint density at radius 2 is 2.29 bits per heavy atom. The van der Waals surface area contributed by atoms with E-state index < -0.39 is 0 Å². The SMILES string of the molecule is C=C(OCC)c1ccc(CN)c(F)c1. The molecule has 0 aliphatic carbocycles. The Morgan fingerprint density at radius 3 is 2.79 bits per heavy atom. The minimum absolute atomic E-state index is 0.202. The largest absolute Gasteiger partial charge is 0.494 e. The molecular weight excluding hydrogens is 181 g/mol. The highest BCUT2D eigenvalue weighted by atomic mass is 19.1. The van der Waals surface area contributed by atoms with Gasteiger partial charge in [-0.3, -0.25) is 0 Å². The van der Waals surface area contributed by atoms with Crippen LogP contribution in [0.2, 0.25) is 0 Å². The summed E-state index contributed by atoms with van der Waals surface area (Å²) in [5.74, 6) is 0.167. The summed E-state index contributed by atoms with van der Waals surface area (Å²) in [5, 5.41) is 0. The van der Waals surface area contributed by atoms with Gasteiger partial charge in [-0.05, 0) is 13.0 Å². The van der Waals surface area contributed by atoms with Gasteiger partial charge in [0.2, 0.25) is 0 Å². The van der Waals surface area contributed by atoms with Crippen LogP contribution in [0.15, 0.2) is 24.8 Å². The van der Waals surface area contributed by atoms with Crippen molar-refractivity contribution < 1.29 is 9.13 Å². The molecule has 1 aromatic carbocycles. The Hall–Kier alpha value is -1.35. The first-order valence-electron chi connectivity index (χ1n) is 4.49. The Bertz CT molecular complexity index is 336. The van der Waals surface area contributed by atoms with Gasteiger partial charge in [-0.2, -0.15) is 0 Å². The lowest BCUT2D eigenvalue weighted by Crippen LogP contribution is -2.00. The number of rotatable bonds is 4. The van der Waals surface area contributed by atoms with Crippen molar-refractivity contribution in [2.45, 2.75) is 13.5 Å². The van der Waals surface area contributed by atoms with Crippen LogP contribution in [0.1, 0.15) is 18.1 Å². The average molecular weight is 195 g/mol. The molecule has 3 heteroatoms. The zero-order chi connectivity index (χ0) is 10.6. The Kier molecular flexibility index (Phi) is 3.65. The zero-order valence-electron chi connectivity index (χ0n) is 8.22. The molecule has 0 saturated carbocycles. The summed E-state index contributed by atoms with van der Waals surface area (Å²) in [6.07, 6.45) is 0. The minimum atomic E-state index is -0.314. The molecule has 0 aliphatic rings. The molecule has 0 unspecified atom stereocenters. The van der Waals surface area contributed by atoms with Gasteiger partial charge in [0.1, 0.15) is 11.6 Å². The average Bonchev–Trinajstić information content (AvgIpc) is 2.18. The van der Waals surface area contributed by atoms with E-state index in [1.54, 1.807) is 12.1 Å². The Balaban J connectivity index is 2.91. The lowest BCUT2D eigenvalue weighted by molar-refractivity contribution is 0.299. The normalized spacial score (nSPS) is 9.93. The molecule has 0 bridgehead atoms. The Morgan fingerprint density at radius 1 is 1.57 bits per heavy atom. The number of halogens is 1. The molecule has 1 aromatic rings. The third-order valence-corrected chi connectivity index (χ3v) is 1.91. The second-order valence-electron chi connectivity index (χ2n) is 2.87. The van der Waals surface area contributed by atoms with Gasteiger partial charge in [0.15, 0.2) is 0 Å². The fraction of sp³-hybridized carbons (Fsp3) is 0.273. The second-order valence-corrected chi connectivity index (χ2v) is 2.87. The van der Waals surface area contributed by atoms with Crippen molar-refractivity contribution in [2.24, 2.45) is 5.73 Å². The third-order valence-electron chi connectivity index (χ3n) is 1.91. The van der Waals surface area contributed by atoms with Gasteiger partial charge in [-0.1, -0.05) is 18.7 Å². The molecule has 0 aromatic heterocycles. The molecule has 1 rings (SSSR count). The van der Waals surface area contributed by atoms with Gasteiger partial charge >= 0.3 is 0 Å². The minimum Gasteiger partial charge on any atom is -0.494 e. The van der Waals surface area contributed by atoms with E-state index in [0.29, 0.717) is 23.5 Å². The van der Waals surface area contributed by atoms with Crippen LogP contribution in [-0.2, 0) is 11.3 Å². The molecule has 76 valence electrons. The van der Waals surface area contributed by atoms with Crippen LogP contribution < -0.4 is 5.73 Å². The van der Waals surface area contributed by atoms with Gasteiger partial charge in [-0.15, -0.1) is 0 Å². The monoisotopic (exact) mass is 195 g/mol. The maximum Gasteiger partial charge on any atom is 0.128 e. The van der Waals surface area contributed by atoms with Gasteiger partial charge in [0.25, 0.3) is 0 Å². The summed E-state index contributed by atoms with van der Waals surface area (Å²) in [6.45, 7) is 6.28. The van der Waals surface area contributed by atoms with Crippen molar-refractivity contribution in [2.75, 3.05) is 6.61 Å². The fourth-order valence-electron chi connectivity index (χ4n) is 1.14. The van der Waals surface area contributed by atoms with Gasteiger partial charge in [-0.25, -0.2) is 4.39 Å². The van der Waals surface area contributed by atoms with E-state index in [9.17, 15) is 4.39 Å². The molecule has 0 fully saturated rings. The highest BCUT2D eigenvalue weighted by Crippen LogP contribution is 2.17. The van der Waals surface area contributed by atoms with Crippen molar-refractivity contribution in [3.63, 3.8) is 0 Å². The number of benzene rings is 1.